The first-order valence-electron chi connectivity index (χ1n) is 6.20. The SMILES string of the molecule is O=C(O)CCc1cnc2ccc(-c3cccnc3)nn12. The van der Waals surface area contributed by atoms with E-state index in [0.717, 1.165) is 17.0 Å². The summed E-state index contributed by atoms with van der Waals surface area (Å²) in [6, 6.07) is 7.51. The zero-order valence-electron chi connectivity index (χ0n) is 10.6. The fourth-order valence-electron chi connectivity index (χ4n) is 1.99. The summed E-state index contributed by atoms with van der Waals surface area (Å²) < 4.78 is 1.69. The maximum Gasteiger partial charge on any atom is 0.303 e. The van der Waals surface area contributed by atoms with E-state index in [9.17, 15) is 4.79 Å². The molecule has 0 atom stereocenters. The van der Waals surface area contributed by atoms with E-state index in [-0.39, 0.29) is 6.42 Å². The van der Waals surface area contributed by atoms with Crippen LogP contribution in [0.2, 0.25) is 0 Å². The molecular formula is C14H12N4O2. The lowest BCUT2D eigenvalue weighted by Gasteiger charge is -2.03. The summed E-state index contributed by atoms with van der Waals surface area (Å²) in [5, 5.41) is 13.3. The van der Waals surface area contributed by atoms with Crippen LogP contribution in [0.4, 0.5) is 0 Å². The molecule has 6 nitrogen and oxygen atoms in total. The number of carboxylic acid groups (broad SMARTS) is 1. The third-order valence-electron chi connectivity index (χ3n) is 2.99. The van der Waals surface area contributed by atoms with Gasteiger partial charge in [-0.1, -0.05) is 0 Å². The lowest BCUT2D eigenvalue weighted by atomic mass is 10.2. The van der Waals surface area contributed by atoms with Crippen LogP contribution in [0, 0.1) is 0 Å². The van der Waals surface area contributed by atoms with Gasteiger partial charge in [0.15, 0.2) is 5.65 Å². The Labute approximate surface area is 114 Å². The Balaban J connectivity index is 2.01. The van der Waals surface area contributed by atoms with Crippen LogP contribution in [-0.2, 0) is 11.2 Å². The van der Waals surface area contributed by atoms with Crippen LogP contribution in [0.1, 0.15) is 12.1 Å². The van der Waals surface area contributed by atoms with Gasteiger partial charge in [-0.05, 0) is 24.3 Å². The fourth-order valence-corrected chi connectivity index (χ4v) is 1.99. The maximum atomic E-state index is 10.7. The van der Waals surface area contributed by atoms with Crippen molar-refractivity contribution in [3.05, 3.63) is 48.5 Å². The summed E-state index contributed by atoms with van der Waals surface area (Å²) in [7, 11) is 0. The highest BCUT2D eigenvalue weighted by Gasteiger charge is 2.08. The average molecular weight is 268 g/mol. The molecule has 3 heterocycles. The van der Waals surface area contributed by atoms with Gasteiger partial charge in [-0.15, -0.1) is 0 Å². The van der Waals surface area contributed by atoms with Crippen LogP contribution in [0.25, 0.3) is 16.9 Å². The van der Waals surface area contributed by atoms with Gasteiger partial charge < -0.3 is 5.11 Å². The number of pyridine rings is 1. The highest BCUT2D eigenvalue weighted by molar-refractivity contribution is 5.67. The van der Waals surface area contributed by atoms with Crippen molar-refractivity contribution in [3.63, 3.8) is 0 Å². The third kappa shape index (κ3) is 2.35. The van der Waals surface area contributed by atoms with E-state index in [1.807, 2.05) is 24.3 Å². The van der Waals surface area contributed by atoms with Gasteiger partial charge in [-0.3, -0.25) is 9.78 Å². The number of imidazole rings is 1. The summed E-state index contributed by atoms with van der Waals surface area (Å²) in [6.45, 7) is 0. The second-order valence-electron chi connectivity index (χ2n) is 4.37. The number of nitrogens with zero attached hydrogens (tertiary/aromatic N) is 4. The summed E-state index contributed by atoms with van der Waals surface area (Å²) in [4.78, 5) is 19.0. The van der Waals surface area contributed by atoms with Gasteiger partial charge in [0.2, 0.25) is 0 Å². The van der Waals surface area contributed by atoms with Gasteiger partial charge in [0, 0.05) is 24.4 Å². The first-order valence-corrected chi connectivity index (χ1v) is 6.20. The first-order chi connectivity index (χ1) is 9.74. The minimum absolute atomic E-state index is 0.0621. The van der Waals surface area contributed by atoms with Crippen LogP contribution in [0.3, 0.4) is 0 Å². The fraction of sp³-hybridized carbons (Fsp3) is 0.143. The van der Waals surface area contributed by atoms with Crippen molar-refractivity contribution in [1.82, 2.24) is 19.6 Å². The normalized spacial score (nSPS) is 10.8. The number of carboxylic acids is 1. The number of carbonyl (C=O) groups is 1. The molecule has 100 valence electrons. The minimum Gasteiger partial charge on any atom is -0.481 e. The number of aryl methyl sites for hydroxylation is 1. The van der Waals surface area contributed by atoms with Crippen molar-refractivity contribution in [1.29, 1.82) is 0 Å². The second-order valence-corrected chi connectivity index (χ2v) is 4.37. The molecular weight excluding hydrogens is 256 g/mol. The molecule has 0 aliphatic rings. The van der Waals surface area contributed by atoms with Crippen molar-refractivity contribution in [3.8, 4) is 11.3 Å². The standard InChI is InChI=1S/C14H12N4O2/c19-14(20)6-3-11-9-16-13-5-4-12(17-18(11)13)10-2-1-7-15-8-10/h1-2,4-5,7-9H,3,6H2,(H,19,20). The summed E-state index contributed by atoms with van der Waals surface area (Å²) >= 11 is 0. The van der Waals surface area contributed by atoms with Crippen LogP contribution >= 0.6 is 0 Å². The van der Waals surface area contributed by atoms with Crippen molar-refractivity contribution in [2.45, 2.75) is 12.8 Å². The molecule has 0 radical (unpaired) electrons. The van der Waals surface area contributed by atoms with Crippen LogP contribution in [0.5, 0.6) is 0 Å². The third-order valence-corrected chi connectivity index (χ3v) is 2.99. The molecule has 0 aliphatic heterocycles. The van der Waals surface area contributed by atoms with E-state index in [1.165, 1.54) is 0 Å². The average Bonchev–Trinajstić information content (AvgIpc) is 2.88. The maximum absolute atomic E-state index is 10.7. The lowest BCUT2D eigenvalue weighted by molar-refractivity contribution is -0.136. The molecule has 0 aromatic carbocycles. The zero-order valence-corrected chi connectivity index (χ0v) is 10.6. The highest BCUT2D eigenvalue weighted by atomic mass is 16.4. The Bertz CT molecular complexity index is 752. The summed E-state index contributed by atoms with van der Waals surface area (Å²) in [5.41, 5.74) is 3.18. The van der Waals surface area contributed by atoms with Crippen LogP contribution < -0.4 is 0 Å². The molecule has 0 bridgehead atoms. The van der Waals surface area contributed by atoms with E-state index >= 15 is 0 Å². The summed E-state index contributed by atoms with van der Waals surface area (Å²) in [6.07, 6.45) is 5.57. The molecule has 20 heavy (non-hydrogen) atoms. The summed E-state index contributed by atoms with van der Waals surface area (Å²) in [5.74, 6) is -0.830. The Morgan fingerprint density at radius 1 is 1.25 bits per heavy atom. The van der Waals surface area contributed by atoms with Crippen molar-refractivity contribution in [2.24, 2.45) is 0 Å². The second kappa shape index (κ2) is 5.08. The molecule has 0 saturated heterocycles. The molecule has 1 N–H and O–H groups in total. The molecule has 3 aromatic rings. The Morgan fingerprint density at radius 3 is 2.90 bits per heavy atom. The van der Waals surface area contributed by atoms with E-state index in [4.69, 9.17) is 5.11 Å². The van der Waals surface area contributed by atoms with Gasteiger partial charge in [0.1, 0.15) is 0 Å². The topological polar surface area (TPSA) is 80.4 Å². The first kappa shape index (κ1) is 12.3. The molecule has 6 heteroatoms. The monoisotopic (exact) mass is 268 g/mol. The minimum atomic E-state index is -0.830. The molecule has 3 aromatic heterocycles. The molecule has 0 aliphatic carbocycles. The molecule has 3 rings (SSSR count). The van der Waals surface area contributed by atoms with Gasteiger partial charge in [0.25, 0.3) is 0 Å². The molecule has 0 fully saturated rings. The van der Waals surface area contributed by atoms with E-state index in [0.29, 0.717) is 12.1 Å². The molecule has 0 spiro atoms. The van der Waals surface area contributed by atoms with Gasteiger partial charge in [-0.25, -0.2) is 9.50 Å². The van der Waals surface area contributed by atoms with Crippen LogP contribution in [-0.4, -0.2) is 30.7 Å². The van der Waals surface area contributed by atoms with Crippen molar-refractivity contribution < 1.29 is 9.90 Å². The molecule has 0 saturated carbocycles. The zero-order chi connectivity index (χ0) is 13.9. The number of rotatable bonds is 4. The predicted octanol–water partition coefficient (Wildman–Crippen LogP) is 1.81. The smallest absolute Gasteiger partial charge is 0.303 e. The number of fused-ring (bicyclic) bond motifs is 1. The van der Waals surface area contributed by atoms with E-state index in [1.54, 1.807) is 23.1 Å². The van der Waals surface area contributed by atoms with E-state index in [2.05, 4.69) is 15.1 Å². The van der Waals surface area contributed by atoms with Crippen molar-refractivity contribution >= 4 is 11.6 Å². The largest absolute Gasteiger partial charge is 0.481 e. The lowest BCUT2D eigenvalue weighted by Crippen LogP contribution is -2.03. The van der Waals surface area contributed by atoms with Crippen LogP contribution in [0.15, 0.2) is 42.9 Å². The predicted molar refractivity (Wildman–Crippen MR) is 72.2 cm³/mol. The Morgan fingerprint density at radius 2 is 2.15 bits per heavy atom. The number of hydrogen-bond acceptors (Lipinski definition) is 4. The number of aliphatic carboxylic acids is 1. The Hall–Kier alpha value is -2.76. The highest BCUT2D eigenvalue weighted by Crippen LogP contribution is 2.16. The Kier molecular flexibility index (Phi) is 3.12. The number of hydrogen-bond donors (Lipinski definition) is 1. The van der Waals surface area contributed by atoms with Gasteiger partial charge >= 0.3 is 5.97 Å². The quantitative estimate of drug-likeness (QED) is 0.780. The van der Waals surface area contributed by atoms with Crippen molar-refractivity contribution in [2.75, 3.05) is 0 Å². The molecule has 0 unspecified atom stereocenters. The van der Waals surface area contributed by atoms with Gasteiger partial charge in [0.05, 0.1) is 24.0 Å². The van der Waals surface area contributed by atoms with E-state index < -0.39 is 5.97 Å². The number of aromatic nitrogens is 4. The van der Waals surface area contributed by atoms with Gasteiger partial charge in [-0.2, -0.15) is 5.10 Å². The molecule has 0 amide bonds.